The number of benzene rings is 1. The van der Waals surface area contributed by atoms with Crippen molar-refractivity contribution < 1.29 is 0 Å². The second-order valence-electron chi connectivity index (χ2n) is 4.56. The average Bonchev–Trinajstić information content (AvgIpc) is 2.45. The van der Waals surface area contributed by atoms with Crippen molar-refractivity contribution in [3.05, 3.63) is 23.8 Å². The second kappa shape index (κ2) is 3.47. The van der Waals surface area contributed by atoms with Gasteiger partial charge < -0.3 is 0 Å². The molecule has 0 bridgehead atoms. The molecule has 1 heterocycles. The highest BCUT2D eigenvalue weighted by Crippen LogP contribution is 2.50. The maximum Gasteiger partial charge on any atom is 0.0391 e. The van der Waals surface area contributed by atoms with Crippen LogP contribution in [0.25, 0.3) is 0 Å². The summed E-state index contributed by atoms with van der Waals surface area (Å²) in [6.07, 6.45) is 0. The molecule has 0 spiro atoms. The number of nitrogens with zero attached hydrogens (tertiary/aromatic N) is 1. The van der Waals surface area contributed by atoms with Gasteiger partial charge in [-0.1, -0.05) is 6.07 Å². The second-order valence-corrected chi connectivity index (χ2v) is 6.77. The van der Waals surface area contributed by atoms with Crippen LogP contribution in [0.2, 0.25) is 0 Å². The molecule has 0 aromatic heterocycles. The molecule has 0 aliphatic carbocycles. The van der Waals surface area contributed by atoms with E-state index < -0.39 is 0 Å². The van der Waals surface area contributed by atoms with Gasteiger partial charge in [0, 0.05) is 15.3 Å². The molecular weight excluding hydrogens is 210 g/mol. The fraction of sp³-hybridized carbons (Fsp3) is 0.455. The van der Waals surface area contributed by atoms with Crippen LogP contribution in [0.5, 0.6) is 0 Å². The summed E-state index contributed by atoms with van der Waals surface area (Å²) < 4.78 is 2.36. The molecular formula is C11H15NS2. The van der Waals surface area contributed by atoms with E-state index in [9.17, 15) is 0 Å². The van der Waals surface area contributed by atoms with Crippen molar-refractivity contribution in [1.29, 1.82) is 0 Å². The molecule has 0 radical (unpaired) electrons. The van der Waals surface area contributed by atoms with Gasteiger partial charge in [0.2, 0.25) is 0 Å². The Hall–Kier alpha value is -0.120. The van der Waals surface area contributed by atoms with Crippen molar-refractivity contribution in [3.8, 4) is 0 Å². The molecule has 3 heteroatoms. The third kappa shape index (κ3) is 1.95. The fourth-order valence-electron chi connectivity index (χ4n) is 1.23. The van der Waals surface area contributed by atoms with Crippen LogP contribution in [0.3, 0.4) is 0 Å². The number of hydrogen-bond donors (Lipinski definition) is 0. The van der Waals surface area contributed by atoms with Crippen LogP contribution in [0.15, 0.2) is 28.0 Å². The van der Waals surface area contributed by atoms with Crippen LogP contribution in [0.4, 0.5) is 0 Å². The molecule has 0 atom stereocenters. The monoisotopic (exact) mass is 225 g/mol. The molecule has 1 aliphatic rings. The Balaban J connectivity index is 2.26. The van der Waals surface area contributed by atoms with E-state index in [1.54, 1.807) is 0 Å². The first-order chi connectivity index (χ1) is 6.47. The predicted molar refractivity (Wildman–Crippen MR) is 64.5 cm³/mol. The average molecular weight is 225 g/mol. The third-order valence-electron chi connectivity index (χ3n) is 2.01. The number of hydrogen-bond acceptors (Lipinski definition) is 3. The van der Waals surface area contributed by atoms with E-state index in [2.05, 4.69) is 49.6 Å². The Kier molecular flexibility index (Phi) is 2.58. The summed E-state index contributed by atoms with van der Waals surface area (Å²) in [5, 5.41) is 0. The van der Waals surface area contributed by atoms with E-state index >= 15 is 0 Å². The van der Waals surface area contributed by atoms with Gasteiger partial charge in [-0.05, 0) is 69.3 Å². The first-order valence-corrected chi connectivity index (χ1v) is 6.28. The lowest BCUT2D eigenvalue weighted by molar-refractivity contribution is 0.415. The van der Waals surface area contributed by atoms with Crippen LogP contribution >= 0.6 is 23.9 Å². The quantitative estimate of drug-likeness (QED) is 0.611. The van der Waals surface area contributed by atoms with Gasteiger partial charge in [0.25, 0.3) is 0 Å². The maximum absolute atomic E-state index is 2.36. The zero-order valence-electron chi connectivity index (χ0n) is 9.00. The van der Waals surface area contributed by atoms with Crippen molar-refractivity contribution >= 4 is 23.9 Å². The molecule has 14 heavy (non-hydrogen) atoms. The van der Waals surface area contributed by atoms with E-state index in [-0.39, 0.29) is 5.54 Å². The highest BCUT2D eigenvalue weighted by Gasteiger charge is 2.30. The van der Waals surface area contributed by atoms with Crippen LogP contribution < -0.4 is 0 Å². The molecule has 76 valence electrons. The summed E-state index contributed by atoms with van der Waals surface area (Å²) in [7, 11) is 0. The zero-order valence-corrected chi connectivity index (χ0v) is 10.6. The Morgan fingerprint density at radius 3 is 2.36 bits per heavy atom. The van der Waals surface area contributed by atoms with E-state index in [1.807, 2.05) is 23.9 Å². The van der Waals surface area contributed by atoms with E-state index in [0.29, 0.717) is 0 Å². The summed E-state index contributed by atoms with van der Waals surface area (Å²) in [6, 6.07) is 6.66. The summed E-state index contributed by atoms with van der Waals surface area (Å²) >= 11 is 3.70. The molecule has 1 aromatic carbocycles. The molecule has 1 aliphatic heterocycles. The summed E-state index contributed by atoms with van der Waals surface area (Å²) in [5.41, 5.74) is 1.55. The molecule has 0 fully saturated rings. The standard InChI is InChI=1S/C11H15NS2/c1-8-5-6-9-10(7-8)14-12(13-9)11(2,3)4/h5-7H,1-4H3. The van der Waals surface area contributed by atoms with Crippen molar-refractivity contribution in [2.45, 2.75) is 43.0 Å². The highest BCUT2D eigenvalue weighted by molar-refractivity contribution is 8.14. The summed E-state index contributed by atoms with van der Waals surface area (Å²) in [5.74, 6) is 0. The first kappa shape index (κ1) is 10.4. The van der Waals surface area contributed by atoms with Gasteiger partial charge in [0.15, 0.2) is 0 Å². The van der Waals surface area contributed by atoms with E-state index in [4.69, 9.17) is 0 Å². The Bertz CT molecular complexity index is 355. The molecule has 1 aromatic rings. The molecule has 0 N–H and O–H groups in total. The van der Waals surface area contributed by atoms with E-state index in [1.165, 1.54) is 15.4 Å². The van der Waals surface area contributed by atoms with Crippen LogP contribution in [-0.4, -0.2) is 9.25 Å². The van der Waals surface area contributed by atoms with Crippen molar-refractivity contribution in [3.63, 3.8) is 0 Å². The lowest BCUT2D eigenvalue weighted by atomic mass is 10.1. The summed E-state index contributed by atoms with van der Waals surface area (Å²) in [6.45, 7) is 8.87. The Labute approximate surface area is 94.5 Å². The minimum absolute atomic E-state index is 0.211. The molecule has 1 nitrogen and oxygen atoms in total. The number of rotatable bonds is 0. The van der Waals surface area contributed by atoms with Crippen molar-refractivity contribution in [2.75, 3.05) is 0 Å². The Morgan fingerprint density at radius 2 is 1.71 bits per heavy atom. The Morgan fingerprint density at radius 1 is 1.07 bits per heavy atom. The zero-order chi connectivity index (χ0) is 10.3. The number of fused-ring (bicyclic) bond motifs is 1. The minimum Gasteiger partial charge on any atom is -0.180 e. The summed E-state index contributed by atoms with van der Waals surface area (Å²) in [4.78, 5) is 2.78. The van der Waals surface area contributed by atoms with Crippen molar-refractivity contribution in [2.24, 2.45) is 0 Å². The predicted octanol–water partition coefficient (Wildman–Crippen LogP) is 4.12. The van der Waals surface area contributed by atoms with Gasteiger partial charge in [0.1, 0.15) is 0 Å². The van der Waals surface area contributed by atoms with Crippen LogP contribution in [0, 0.1) is 6.92 Å². The molecule has 0 saturated heterocycles. The smallest absolute Gasteiger partial charge is 0.0391 e. The van der Waals surface area contributed by atoms with Gasteiger partial charge in [0.05, 0.1) is 0 Å². The van der Waals surface area contributed by atoms with Crippen LogP contribution in [-0.2, 0) is 0 Å². The van der Waals surface area contributed by atoms with E-state index in [0.717, 1.165) is 0 Å². The normalized spacial score (nSPS) is 17.1. The van der Waals surface area contributed by atoms with Gasteiger partial charge in [-0.2, -0.15) is 3.71 Å². The third-order valence-corrected chi connectivity index (χ3v) is 5.10. The molecule has 0 amide bonds. The molecule has 2 rings (SSSR count). The lowest BCUT2D eigenvalue weighted by Crippen LogP contribution is -2.28. The minimum atomic E-state index is 0.211. The van der Waals surface area contributed by atoms with Crippen molar-refractivity contribution in [1.82, 2.24) is 3.71 Å². The van der Waals surface area contributed by atoms with Gasteiger partial charge in [-0.25, -0.2) is 0 Å². The van der Waals surface area contributed by atoms with Crippen LogP contribution in [0.1, 0.15) is 26.3 Å². The molecule has 0 unspecified atom stereocenters. The van der Waals surface area contributed by atoms with Gasteiger partial charge >= 0.3 is 0 Å². The fourth-order valence-corrected chi connectivity index (χ4v) is 3.67. The maximum atomic E-state index is 2.36. The lowest BCUT2D eigenvalue weighted by Gasteiger charge is -2.27. The van der Waals surface area contributed by atoms with Gasteiger partial charge in [-0.15, -0.1) is 0 Å². The largest absolute Gasteiger partial charge is 0.180 e. The first-order valence-electron chi connectivity index (χ1n) is 4.74. The highest BCUT2D eigenvalue weighted by atomic mass is 32.2. The number of aryl methyl sites for hydroxylation is 1. The van der Waals surface area contributed by atoms with Gasteiger partial charge in [-0.3, -0.25) is 0 Å². The SMILES string of the molecule is Cc1ccc2c(c1)SN(C(C)(C)C)S2. The topological polar surface area (TPSA) is 3.24 Å². The molecule has 0 saturated carbocycles.